The highest BCUT2D eigenvalue weighted by Gasteiger charge is 2.62. The first-order chi connectivity index (χ1) is 17.0. The van der Waals surface area contributed by atoms with Gasteiger partial charge >= 0.3 is 0 Å². The number of hydrogen-bond donors (Lipinski definition) is 0. The van der Waals surface area contributed by atoms with Gasteiger partial charge in [-0.2, -0.15) is 0 Å². The maximum Gasteiger partial charge on any atom is 0.155 e. The van der Waals surface area contributed by atoms with E-state index in [9.17, 15) is 4.79 Å². The lowest BCUT2D eigenvalue weighted by atomic mass is 9.45. The first-order valence-electron chi connectivity index (χ1n) is 14.9. The number of hydrogen-bond acceptors (Lipinski definition) is 3. The van der Waals surface area contributed by atoms with Crippen molar-refractivity contribution in [3.63, 3.8) is 0 Å². The Hall–Kier alpha value is -1.51. The molecule has 6 rings (SSSR count). The van der Waals surface area contributed by atoms with E-state index in [0.29, 0.717) is 30.1 Å². The minimum Gasteiger partial charge on any atom is -0.497 e. The molecule has 0 radical (unpaired) electrons. The molecule has 3 fully saturated rings. The van der Waals surface area contributed by atoms with Gasteiger partial charge in [-0.25, -0.2) is 0 Å². The smallest absolute Gasteiger partial charge is 0.155 e. The van der Waals surface area contributed by atoms with Crippen LogP contribution in [0.5, 0.6) is 0 Å². The summed E-state index contributed by atoms with van der Waals surface area (Å²) in [5.74, 6) is 5.56. The summed E-state index contributed by atoms with van der Waals surface area (Å²) < 4.78 is 13.4. The fraction of sp³-hybridized carbons (Fsp3) is 0.781. The van der Waals surface area contributed by atoms with Gasteiger partial charge in [0, 0.05) is 30.1 Å². The zero-order valence-corrected chi connectivity index (χ0v) is 22.2. The number of ketones is 1. The van der Waals surface area contributed by atoms with Crippen molar-refractivity contribution < 1.29 is 14.3 Å². The number of allylic oxidation sites excluding steroid dienone is 4. The first kappa shape index (κ1) is 23.9. The summed E-state index contributed by atoms with van der Waals surface area (Å²) in [6.07, 6.45) is 24.7. The number of carbonyl (C=O) groups excluding carboxylic acids is 1. The monoisotopic (exact) mass is 478 g/mol. The van der Waals surface area contributed by atoms with Gasteiger partial charge in [0.25, 0.3) is 0 Å². The molecule has 0 spiro atoms. The molecule has 0 bridgehead atoms. The van der Waals surface area contributed by atoms with Crippen LogP contribution in [0.2, 0.25) is 0 Å². The van der Waals surface area contributed by atoms with Crippen LogP contribution >= 0.6 is 0 Å². The molecule has 2 unspecified atom stereocenters. The highest BCUT2D eigenvalue weighted by Crippen LogP contribution is 2.67. The van der Waals surface area contributed by atoms with E-state index in [1.54, 1.807) is 0 Å². The second-order valence-corrected chi connectivity index (χ2v) is 13.1. The maximum atomic E-state index is 12.5. The highest BCUT2D eigenvalue weighted by atomic mass is 16.5. The lowest BCUT2D eigenvalue weighted by molar-refractivity contribution is -0.126. The number of fused-ring (bicyclic) bond motifs is 5. The molecule has 3 heteroatoms. The van der Waals surface area contributed by atoms with Crippen molar-refractivity contribution in [3.8, 4) is 0 Å². The SMILES string of the molecule is CC1CC2=CC(=O)CC[C@]2(COC2=CCCCC2)[C@@H]2CC[C@]3(C)C(OC4=CCCCC4)CC[C@H]3[C@H]12. The second-order valence-electron chi connectivity index (χ2n) is 13.1. The Morgan fingerprint density at radius 1 is 0.914 bits per heavy atom. The molecule has 0 aromatic carbocycles. The molecule has 0 aromatic rings. The molecule has 3 saturated carbocycles. The van der Waals surface area contributed by atoms with Gasteiger partial charge in [-0.15, -0.1) is 0 Å². The molecule has 6 aliphatic rings. The topological polar surface area (TPSA) is 35.5 Å². The zero-order chi connectivity index (χ0) is 24.0. The van der Waals surface area contributed by atoms with Crippen molar-refractivity contribution in [3.05, 3.63) is 35.3 Å². The van der Waals surface area contributed by atoms with Crippen molar-refractivity contribution >= 4 is 5.78 Å². The summed E-state index contributed by atoms with van der Waals surface area (Å²) in [4.78, 5) is 12.5. The van der Waals surface area contributed by atoms with Crippen LogP contribution in [0.1, 0.15) is 110 Å². The van der Waals surface area contributed by atoms with Crippen LogP contribution < -0.4 is 0 Å². The summed E-state index contributed by atoms with van der Waals surface area (Å²) in [7, 11) is 0. The Kier molecular flexibility index (Phi) is 6.42. The molecule has 0 aliphatic heterocycles. The van der Waals surface area contributed by atoms with Gasteiger partial charge in [0.1, 0.15) is 6.10 Å². The Morgan fingerprint density at radius 2 is 1.69 bits per heavy atom. The Labute approximate surface area is 212 Å². The third-order valence-electron chi connectivity index (χ3n) is 11.3. The van der Waals surface area contributed by atoms with Gasteiger partial charge in [0.2, 0.25) is 0 Å². The lowest BCUT2D eigenvalue weighted by Crippen LogP contribution is -2.56. The van der Waals surface area contributed by atoms with E-state index in [1.807, 2.05) is 0 Å². The fourth-order valence-corrected chi connectivity index (χ4v) is 9.40. The van der Waals surface area contributed by atoms with Crippen LogP contribution in [0.15, 0.2) is 35.3 Å². The van der Waals surface area contributed by atoms with Crippen LogP contribution in [-0.2, 0) is 14.3 Å². The predicted molar refractivity (Wildman–Crippen MR) is 140 cm³/mol. The van der Waals surface area contributed by atoms with E-state index >= 15 is 0 Å². The third-order valence-corrected chi connectivity index (χ3v) is 11.3. The van der Waals surface area contributed by atoms with Crippen LogP contribution in [0.3, 0.4) is 0 Å². The van der Waals surface area contributed by atoms with Crippen LogP contribution in [0, 0.1) is 34.5 Å². The van der Waals surface area contributed by atoms with Crippen LogP contribution in [0.25, 0.3) is 0 Å². The lowest BCUT2D eigenvalue weighted by Gasteiger charge is -2.60. The largest absolute Gasteiger partial charge is 0.497 e. The van der Waals surface area contributed by atoms with Crippen LogP contribution in [0.4, 0.5) is 0 Å². The molecule has 35 heavy (non-hydrogen) atoms. The summed E-state index contributed by atoms with van der Waals surface area (Å²) in [6, 6.07) is 0. The molecule has 0 aromatic heterocycles. The van der Waals surface area contributed by atoms with Crippen molar-refractivity contribution in [1.29, 1.82) is 0 Å². The molecule has 3 nitrogen and oxygen atoms in total. The average molecular weight is 479 g/mol. The Morgan fingerprint density at radius 3 is 2.43 bits per heavy atom. The van der Waals surface area contributed by atoms with E-state index < -0.39 is 0 Å². The van der Waals surface area contributed by atoms with Crippen molar-refractivity contribution in [2.75, 3.05) is 6.61 Å². The molecule has 192 valence electrons. The van der Waals surface area contributed by atoms with E-state index in [2.05, 4.69) is 32.1 Å². The van der Waals surface area contributed by atoms with Gasteiger partial charge in [0.05, 0.1) is 18.1 Å². The minimum atomic E-state index is 0.0650. The van der Waals surface area contributed by atoms with E-state index in [-0.39, 0.29) is 10.8 Å². The van der Waals surface area contributed by atoms with Gasteiger partial charge in [0.15, 0.2) is 5.78 Å². The first-order valence-corrected chi connectivity index (χ1v) is 14.9. The number of rotatable bonds is 5. The molecule has 0 saturated heterocycles. The maximum absolute atomic E-state index is 12.5. The highest BCUT2D eigenvalue weighted by molar-refractivity contribution is 5.91. The Bertz CT molecular complexity index is 927. The summed E-state index contributed by atoms with van der Waals surface area (Å²) in [5.41, 5.74) is 1.78. The second kappa shape index (κ2) is 9.42. The zero-order valence-electron chi connectivity index (χ0n) is 22.2. The van der Waals surface area contributed by atoms with E-state index in [0.717, 1.165) is 50.5 Å². The average Bonchev–Trinajstić information content (AvgIpc) is 3.20. The molecule has 0 heterocycles. The molecule has 6 aliphatic carbocycles. The van der Waals surface area contributed by atoms with Gasteiger partial charge < -0.3 is 9.47 Å². The summed E-state index contributed by atoms with van der Waals surface area (Å²) >= 11 is 0. The van der Waals surface area contributed by atoms with Gasteiger partial charge in [-0.05, 0) is 119 Å². The van der Waals surface area contributed by atoms with Crippen LogP contribution in [-0.4, -0.2) is 18.5 Å². The van der Waals surface area contributed by atoms with E-state index in [1.165, 1.54) is 74.9 Å². The molecular formula is C32H46O3. The van der Waals surface area contributed by atoms with Crippen molar-refractivity contribution in [2.45, 2.75) is 116 Å². The van der Waals surface area contributed by atoms with E-state index in [4.69, 9.17) is 9.47 Å². The summed E-state index contributed by atoms with van der Waals surface area (Å²) in [6.45, 7) is 5.84. The standard InChI is InChI=1S/C32H46O3/c1-22-19-23-20-24(33)15-18-32(23,21-34-25-9-5-3-6-10-25)28-16-17-31(2)27(30(22)28)13-14-29(31)35-26-11-7-4-8-12-26/h9,11,20,22,27-30H,3-8,10,12-19,21H2,1-2H3/t22?,27-,28+,29?,30-,31-,32+/m0/s1. The molecule has 7 atom stereocenters. The Balaban J connectivity index is 1.28. The quantitative estimate of drug-likeness (QED) is 0.401. The number of ether oxygens (including phenoxy) is 2. The van der Waals surface area contributed by atoms with Crippen molar-refractivity contribution in [2.24, 2.45) is 34.5 Å². The van der Waals surface area contributed by atoms with Gasteiger partial charge in [-0.3, -0.25) is 4.79 Å². The van der Waals surface area contributed by atoms with Gasteiger partial charge in [-0.1, -0.05) is 19.4 Å². The predicted octanol–water partition coefficient (Wildman–Crippen LogP) is 8.06. The molecule has 0 N–H and O–H groups in total. The molecule has 0 amide bonds. The normalized spacial score (nSPS) is 43.2. The van der Waals surface area contributed by atoms with Crippen molar-refractivity contribution in [1.82, 2.24) is 0 Å². The third kappa shape index (κ3) is 4.13. The number of carbonyl (C=O) groups is 1. The fourth-order valence-electron chi connectivity index (χ4n) is 9.40. The minimum absolute atomic E-state index is 0.0650. The summed E-state index contributed by atoms with van der Waals surface area (Å²) in [5, 5.41) is 0. The molecular weight excluding hydrogens is 432 g/mol.